The van der Waals surface area contributed by atoms with E-state index in [2.05, 4.69) is 54.1 Å². The fourth-order valence-corrected chi connectivity index (χ4v) is 5.66. The molecule has 3 aromatic carbocycles. The molecule has 0 saturated carbocycles. The molecular weight excluding hydrogens is 396 g/mol. The zero-order valence-corrected chi connectivity index (χ0v) is 19.4. The lowest BCUT2D eigenvalue weighted by Gasteiger charge is -2.26. The average Bonchev–Trinajstić information content (AvgIpc) is 3.22. The van der Waals surface area contributed by atoms with Gasteiger partial charge in [-0.3, -0.25) is 4.79 Å². The highest BCUT2D eigenvalue weighted by Gasteiger charge is 2.58. The Labute approximate surface area is 189 Å². The molecule has 2 atom stereocenters. The Morgan fingerprint density at radius 3 is 2.47 bits per heavy atom. The Morgan fingerprint density at radius 2 is 1.72 bits per heavy atom. The van der Waals surface area contributed by atoms with Crippen molar-refractivity contribution in [3.05, 3.63) is 71.8 Å². The summed E-state index contributed by atoms with van der Waals surface area (Å²) in [5, 5.41) is 16.3. The predicted molar refractivity (Wildman–Crippen MR) is 129 cm³/mol. The molecule has 1 amide bonds. The maximum absolute atomic E-state index is 13.8. The first-order valence-electron chi connectivity index (χ1n) is 11.4. The number of fused-ring (bicyclic) bond motifs is 3. The second-order valence-corrected chi connectivity index (χ2v) is 10.7. The number of phenols is 1. The molecule has 0 spiro atoms. The van der Waals surface area contributed by atoms with Gasteiger partial charge in [-0.25, -0.2) is 0 Å². The number of nitrogens with zero attached hydrogens (tertiary/aromatic N) is 1. The SMILES string of the molecule is CC(C)(C)NC(=O)[C@H]1[C@H](c2c(O)ccc3ccccc23)CC2=[N+]1c1ccccc1C2(C)C. The Hall–Kier alpha value is -3.14. The Morgan fingerprint density at radius 1 is 1.03 bits per heavy atom. The molecule has 2 N–H and O–H groups in total. The summed E-state index contributed by atoms with van der Waals surface area (Å²) in [5.41, 5.74) is 3.94. The van der Waals surface area contributed by atoms with E-state index in [0.717, 1.165) is 28.4 Å². The number of benzene rings is 3. The average molecular weight is 428 g/mol. The molecule has 3 aromatic rings. The normalized spacial score (nSPS) is 21.5. The lowest BCUT2D eigenvalue weighted by Crippen LogP contribution is -2.49. The fraction of sp³-hybridized carbons (Fsp3) is 0.357. The van der Waals surface area contributed by atoms with Crippen LogP contribution in [0, 0.1) is 0 Å². The highest BCUT2D eigenvalue weighted by Crippen LogP contribution is 2.51. The van der Waals surface area contributed by atoms with Crippen LogP contribution in [0.1, 0.15) is 58.1 Å². The van der Waals surface area contributed by atoms with E-state index in [1.807, 2.05) is 45.0 Å². The molecule has 0 fully saturated rings. The molecule has 4 nitrogen and oxygen atoms in total. The number of para-hydroxylation sites is 1. The van der Waals surface area contributed by atoms with E-state index >= 15 is 0 Å². The van der Waals surface area contributed by atoms with E-state index in [1.165, 1.54) is 11.3 Å². The van der Waals surface area contributed by atoms with Crippen molar-refractivity contribution in [2.45, 2.75) is 64.0 Å². The quantitative estimate of drug-likeness (QED) is 0.539. The number of carbonyl (C=O) groups excluding carboxylic acids is 1. The van der Waals surface area contributed by atoms with Crippen molar-refractivity contribution in [1.29, 1.82) is 0 Å². The van der Waals surface area contributed by atoms with E-state index in [-0.39, 0.29) is 28.5 Å². The lowest BCUT2D eigenvalue weighted by atomic mass is 9.76. The minimum absolute atomic E-state index is 0.00247. The summed E-state index contributed by atoms with van der Waals surface area (Å²) in [6.45, 7) is 10.5. The smallest absolute Gasteiger partial charge is 0.290 e. The third kappa shape index (κ3) is 3.04. The van der Waals surface area contributed by atoms with Crippen LogP contribution in [0.15, 0.2) is 60.7 Å². The number of hydrogen-bond donors (Lipinski definition) is 2. The first-order valence-corrected chi connectivity index (χ1v) is 11.4. The molecular formula is C28H31N2O2+. The van der Waals surface area contributed by atoms with Crippen molar-refractivity contribution in [2.24, 2.45) is 0 Å². The van der Waals surface area contributed by atoms with E-state index in [9.17, 15) is 9.90 Å². The molecule has 2 heterocycles. The predicted octanol–water partition coefficient (Wildman–Crippen LogP) is 5.39. The second kappa shape index (κ2) is 6.93. The number of aromatic hydroxyl groups is 1. The molecule has 0 radical (unpaired) electrons. The van der Waals surface area contributed by atoms with Crippen LogP contribution >= 0.6 is 0 Å². The zero-order valence-electron chi connectivity index (χ0n) is 19.4. The largest absolute Gasteiger partial charge is 0.508 e. The van der Waals surface area contributed by atoms with Crippen molar-refractivity contribution in [1.82, 2.24) is 5.32 Å². The van der Waals surface area contributed by atoms with Crippen LogP contribution in [-0.2, 0) is 10.2 Å². The van der Waals surface area contributed by atoms with Crippen molar-refractivity contribution in [2.75, 3.05) is 0 Å². The summed E-state index contributed by atoms with van der Waals surface area (Å²) in [7, 11) is 0. The minimum atomic E-state index is -0.427. The summed E-state index contributed by atoms with van der Waals surface area (Å²) in [6.07, 6.45) is 0.728. The van der Waals surface area contributed by atoms with Crippen molar-refractivity contribution in [3.8, 4) is 5.75 Å². The van der Waals surface area contributed by atoms with Crippen LogP contribution < -0.4 is 5.32 Å². The molecule has 0 unspecified atom stereocenters. The number of amides is 1. The van der Waals surface area contributed by atoms with Crippen molar-refractivity contribution >= 4 is 28.1 Å². The van der Waals surface area contributed by atoms with Crippen LogP contribution in [0.4, 0.5) is 5.69 Å². The van der Waals surface area contributed by atoms with Gasteiger partial charge in [-0.2, -0.15) is 4.58 Å². The lowest BCUT2D eigenvalue weighted by molar-refractivity contribution is -0.462. The van der Waals surface area contributed by atoms with Gasteiger partial charge in [0.05, 0.1) is 11.3 Å². The first kappa shape index (κ1) is 20.7. The summed E-state index contributed by atoms with van der Waals surface area (Å²) >= 11 is 0. The van der Waals surface area contributed by atoms with Gasteiger partial charge < -0.3 is 10.4 Å². The molecule has 2 aliphatic heterocycles. The molecule has 0 saturated heterocycles. The number of hydrogen-bond acceptors (Lipinski definition) is 2. The number of phenolic OH excluding ortho intramolecular Hbond substituents is 1. The first-order chi connectivity index (χ1) is 15.1. The zero-order chi connectivity index (χ0) is 22.8. The van der Waals surface area contributed by atoms with Gasteiger partial charge in [0.15, 0.2) is 5.71 Å². The van der Waals surface area contributed by atoms with Gasteiger partial charge in [-0.05, 0) is 51.5 Å². The van der Waals surface area contributed by atoms with Crippen molar-refractivity contribution in [3.63, 3.8) is 0 Å². The van der Waals surface area contributed by atoms with E-state index in [1.54, 1.807) is 6.07 Å². The van der Waals surface area contributed by atoms with E-state index in [4.69, 9.17) is 0 Å². The van der Waals surface area contributed by atoms with Gasteiger partial charge in [0.1, 0.15) is 5.75 Å². The van der Waals surface area contributed by atoms with Crippen LogP contribution in [0.2, 0.25) is 0 Å². The molecule has 5 rings (SSSR count). The van der Waals surface area contributed by atoms with Gasteiger partial charge in [0.25, 0.3) is 5.91 Å². The van der Waals surface area contributed by atoms with Gasteiger partial charge in [0.2, 0.25) is 11.7 Å². The van der Waals surface area contributed by atoms with E-state index < -0.39 is 6.04 Å². The topological polar surface area (TPSA) is 52.3 Å². The Bertz CT molecular complexity index is 1280. The molecule has 0 aliphatic carbocycles. The highest BCUT2D eigenvalue weighted by molar-refractivity contribution is 6.01. The van der Waals surface area contributed by atoms with Gasteiger partial charge in [-0.15, -0.1) is 0 Å². The molecule has 0 bridgehead atoms. The summed E-state index contributed by atoms with van der Waals surface area (Å²) in [4.78, 5) is 13.8. The van der Waals surface area contributed by atoms with Gasteiger partial charge >= 0.3 is 0 Å². The third-order valence-electron chi connectivity index (χ3n) is 7.01. The van der Waals surface area contributed by atoms with Gasteiger partial charge in [0, 0.05) is 29.2 Å². The molecule has 164 valence electrons. The highest BCUT2D eigenvalue weighted by atomic mass is 16.3. The molecule has 2 aliphatic rings. The van der Waals surface area contributed by atoms with E-state index in [0.29, 0.717) is 0 Å². The summed E-state index contributed by atoms with van der Waals surface area (Å²) in [5.74, 6) is 0.110. The van der Waals surface area contributed by atoms with Crippen LogP contribution in [0.5, 0.6) is 5.75 Å². The standard InChI is InChI=1S/C28H30N2O2/c1-27(2,3)29-26(32)25-19(24-18-11-7-6-10-17(18)14-15-22(24)31)16-23-28(4,5)20-12-8-9-13-21(20)30(23)25/h6-15,19,25H,16H2,1-5H3,(H-,29,31,32)/p+1/t19-,25+/m0/s1. The number of nitrogens with one attached hydrogen (secondary N) is 1. The summed E-state index contributed by atoms with van der Waals surface area (Å²) in [6, 6.07) is 19.8. The molecule has 0 aromatic heterocycles. The van der Waals surface area contributed by atoms with Crippen LogP contribution in [0.25, 0.3) is 10.8 Å². The monoisotopic (exact) mass is 427 g/mol. The number of carbonyl (C=O) groups is 1. The third-order valence-corrected chi connectivity index (χ3v) is 7.01. The van der Waals surface area contributed by atoms with Gasteiger partial charge in [-0.1, -0.05) is 48.5 Å². The Balaban J connectivity index is 1.73. The maximum atomic E-state index is 13.8. The second-order valence-electron chi connectivity index (χ2n) is 10.7. The maximum Gasteiger partial charge on any atom is 0.290 e. The molecule has 32 heavy (non-hydrogen) atoms. The fourth-order valence-electron chi connectivity index (χ4n) is 5.66. The summed E-state index contributed by atoms with van der Waals surface area (Å²) < 4.78 is 2.25. The van der Waals surface area contributed by atoms with Crippen LogP contribution in [-0.4, -0.2) is 32.9 Å². The Kier molecular flexibility index (Phi) is 4.49. The van der Waals surface area contributed by atoms with Crippen LogP contribution in [0.3, 0.4) is 0 Å². The molecule has 4 heteroatoms. The number of rotatable bonds is 2. The minimum Gasteiger partial charge on any atom is -0.508 e. The van der Waals surface area contributed by atoms with Crippen molar-refractivity contribution < 1.29 is 14.5 Å².